The van der Waals surface area contributed by atoms with Gasteiger partial charge in [0.2, 0.25) is 12.7 Å². The Bertz CT molecular complexity index is 1310. The molecule has 6 nitrogen and oxygen atoms in total. The van der Waals surface area contributed by atoms with E-state index < -0.39 is 5.92 Å². The number of benzene rings is 3. The molecular weight excluding hydrogens is 576 g/mol. The second-order valence-corrected chi connectivity index (χ2v) is 9.54. The molecule has 0 radical (unpaired) electrons. The maximum absolute atomic E-state index is 9.85. The second kappa shape index (κ2) is 8.82. The van der Waals surface area contributed by atoms with Crippen LogP contribution in [0.1, 0.15) is 22.6 Å². The zero-order valence-electron chi connectivity index (χ0n) is 16.9. The summed E-state index contributed by atoms with van der Waals surface area (Å²) in [7, 11) is 0. The minimum atomic E-state index is -0.453. The lowest BCUT2D eigenvalue weighted by Crippen LogP contribution is -2.21. The van der Waals surface area contributed by atoms with Gasteiger partial charge in [0.15, 0.2) is 11.5 Å². The second-order valence-electron chi connectivity index (χ2n) is 7.40. The molecule has 3 aromatic carbocycles. The summed E-state index contributed by atoms with van der Waals surface area (Å²) in [5, 5.41) is 10.5. The summed E-state index contributed by atoms with van der Waals surface area (Å²) in [5.74, 6) is 1.95. The Kier molecular flexibility index (Phi) is 5.87. The molecule has 9 heteroatoms. The minimum Gasteiger partial charge on any atom is -0.487 e. The van der Waals surface area contributed by atoms with Gasteiger partial charge in [0.1, 0.15) is 29.7 Å². The number of ether oxygens (including phenoxy) is 4. The largest absolute Gasteiger partial charge is 0.487 e. The molecule has 2 aliphatic heterocycles. The molecule has 0 amide bonds. The summed E-state index contributed by atoms with van der Waals surface area (Å²) in [6.45, 7) is 0.501. The first kappa shape index (κ1) is 22.0. The van der Waals surface area contributed by atoms with Crippen LogP contribution in [0.25, 0.3) is 0 Å². The van der Waals surface area contributed by atoms with Crippen molar-refractivity contribution in [3.8, 4) is 29.1 Å². The van der Waals surface area contributed by atoms with Crippen LogP contribution in [0.4, 0.5) is 0 Å². The van der Waals surface area contributed by atoms with Gasteiger partial charge in [0.25, 0.3) is 0 Å². The molecule has 0 aliphatic carbocycles. The number of fused-ring (bicyclic) bond motifs is 2. The maximum atomic E-state index is 9.85. The first-order chi connectivity index (χ1) is 15.9. The number of nitriles is 1. The van der Waals surface area contributed by atoms with Gasteiger partial charge in [-0.25, -0.2) is 0 Å². The molecule has 2 N–H and O–H groups in total. The van der Waals surface area contributed by atoms with Gasteiger partial charge < -0.3 is 24.7 Å². The Hall–Kier alpha value is -2.86. The fourth-order valence-electron chi connectivity index (χ4n) is 3.81. The van der Waals surface area contributed by atoms with E-state index in [1.54, 1.807) is 6.07 Å². The van der Waals surface area contributed by atoms with E-state index in [0.717, 1.165) is 25.6 Å². The van der Waals surface area contributed by atoms with Gasteiger partial charge in [-0.3, -0.25) is 0 Å². The number of nitrogens with two attached hydrogens (primary N) is 1. The molecule has 0 saturated heterocycles. The van der Waals surface area contributed by atoms with Crippen molar-refractivity contribution >= 4 is 43.5 Å². The highest BCUT2D eigenvalue weighted by atomic mass is 79.9. The summed E-state index contributed by atoms with van der Waals surface area (Å²) in [6, 6.07) is 17.1. The molecule has 1 atom stereocenters. The van der Waals surface area contributed by atoms with Crippen LogP contribution in [0.15, 0.2) is 68.9 Å². The third-order valence-electron chi connectivity index (χ3n) is 5.36. The summed E-state index contributed by atoms with van der Waals surface area (Å²) >= 11 is 13.2. The number of allylic oxidation sites excluding steroid dienone is 1. The van der Waals surface area contributed by atoms with E-state index in [-0.39, 0.29) is 12.7 Å². The first-order valence-electron chi connectivity index (χ1n) is 9.82. The van der Waals surface area contributed by atoms with Crippen LogP contribution in [-0.2, 0) is 6.61 Å². The average Bonchev–Trinajstić information content (AvgIpc) is 3.24. The molecule has 33 heavy (non-hydrogen) atoms. The molecule has 0 unspecified atom stereocenters. The normalized spacial score (nSPS) is 16.1. The van der Waals surface area contributed by atoms with Crippen LogP contribution in [0.5, 0.6) is 23.0 Å². The standard InChI is InChI=1S/C24H15Br2ClN2O4/c25-17-5-13(6-18(26)23(17)30-10-12-1-3-14(27)4-2-12)22-15-7-20-21(32-11-31-20)8-19(15)33-24(29)16(22)9-28/h1-8,22H,10-11,29H2/t22-/m0/s1. The van der Waals surface area contributed by atoms with Gasteiger partial charge >= 0.3 is 0 Å². The molecular formula is C24H15Br2ClN2O4. The Morgan fingerprint density at radius 3 is 2.36 bits per heavy atom. The third-order valence-corrected chi connectivity index (χ3v) is 6.79. The number of nitrogens with zero attached hydrogens (tertiary/aromatic N) is 1. The minimum absolute atomic E-state index is 0.0594. The van der Waals surface area contributed by atoms with E-state index >= 15 is 0 Å². The van der Waals surface area contributed by atoms with E-state index in [1.807, 2.05) is 42.5 Å². The Morgan fingerprint density at radius 1 is 1.03 bits per heavy atom. The molecule has 0 bridgehead atoms. The topological polar surface area (TPSA) is 86.7 Å². The summed E-state index contributed by atoms with van der Waals surface area (Å²) in [5.41, 5.74) is 9.00. The van der Waals surface area contributed by atoms with Crippen LogP contribution in [-0.4, -0.2) is 6.79 Å². The Balaban J connectivity index is 1.52. The molecule has 0 saturated carbocycles. The smallest absolute Gasteiger partial charge is 0.231 e. The van der Waals surface area contributed by atoms with Crippen molar-refractivity contribution in [2.24, 2.45) is 5.73 Å². The van der Waals surface area contributed by atoms with Crippen molar-refractivity contribution in [1.82, 2.24) is 0 Å². The zero-order chi connectivity index (χ0) is 23.1. The highest BCUT2D eigenvalue weighted by Gasteiger charge is 2.34. The van der Waals surface area contributed by atoms with Crippen LogP contribution >= 0.6 is 43.5 Å². The van der Waals surface area contributed by atoms with E-state index in [9.17, 15) is 5.26 Å². The average molecular weight is 591 g/mol. The number of rotatable bonds is 4. The Morgan fingerprint density at radius 2 is 1.70 bits per heavy atom. The predicted molar refractivity (Wildman–Crippen MR) is 129 cm³/mol. The predicted octanol–water partition coefficient (Wildman–Crippen LogP) is 6.39. The van der Waals surface area contributed by atoms with Gasteiger partial charge in [-0.2, -0.15) is 5.26 Å². The quantitative estimate of drug-likeness (QED) is 0.379. The fraction of sp³-hybridized carbons (Fsp3) is 0.125. The van der Waals surface area contributed by atoms with Crippen molar-refractivity contribution in [3.05, 3.63) is 90.6 Å². The van der Waals surface area contributed by atoms with Crippen LogP contribution in [0, 0.1) is 11.3 Å². The lowest BCUT2D eigenvalue weighted by molar-refractivity contribution is 0.174. The Labute approximate surface area is 211 Å². The molecule has 2 heterocycles. The van der Waals surface area contributed by atoms with Crippen molar-refractivity contribution in [2.75, 3.05) is 6.79 Å². The lowest BCUT2D eigenvalue weighted by atomic mass is 9.83. The molecule has 3 aromatic rings. The maximum Gasteiger partial charge on any atom is 0.231 e. The molecule has 166 valence electrons. The van der Waals surface area contributed by atoms with E-state index in [2.05, 4.69) is 37.9 Å². The van der Waals surface area contributed by atoms with Gasteiger partial charge in [0.05, 0.1) is 14.9 Å². The number of hydrogen-bond acceptors (Lipinski definition) is 6. The monoisotopic (exact) mass is 588 g/mol. The van der Waals surface area contributed by atoms with Gasteiger partial charge in [-0.05, 0) is 73.3 Å². The van der Waals surface area contributed by atoms with Crippen LogP contribution in [0.2, 0.25) is 5.02 Å². The molecule has 0 fully saturated rings. The summed E-state index contributed by atoms with van der Waals surface area (Å²) < 4.78 is 24.2. The van der Waals surface area contributed by atoms with Crippen molar-refractivity contribution in [1.29, 1.82) is 5.26 Å². The van der Waals surface area contributed by atoms with Gasteiger partial charge in [0, 0.05) is 16.7 Å². The highest BCUT2D eigenvalue weighted by Crippen LogP contribution is 2.49. The molecule has 2 aliphatic rings. The molecule has 0 spiro atoms. The fourth-order valence-corrected chi connectivity index (χ4v) is 5.39. The molecule has 5 rings (SSSR count). The summed E-state index contributed by atoms with van der Waals surface area (Å²) in [6.07, 6.45) is 0. The lowest BCUT2D eigenvalue weighted by Gasteiger charge is -2.27. The van der Waals surface area contributed by atoms with Crippen molar-refractivity contribution in [2.45, 2.75) is 12.5 Å². The molecule has 0 aromatic heterocycles. The van der Waals surface area contributed by atoms with E-state index in [4.69, 9.17) is 36.3 Å². The highest BCUT2D eigenvalue weighted by molar-refractivity contribution is 9.11. The van der Waals surface area contributed by atoms with E-state index in [0.29, 0.717) is 40.2 Å². The van der Waals surface area contributed by atoms with Gasteiger partial charge in [-0.15, -0.1) is 0 Å². The van der Waals surface area contributed by atoms with Crippen molar-refractivity contribution in [3.63, 3.8) is 0 Å². The summed E-state index contributed by atoms with van der Waals surface area (Å²) in [4.78, 5) is 0. The van der Waals surface area contributed by atoms with E-state index in [1.165, 1.54) is 0 Å². The zero-order valence-corrected chi connectivity index (χ0v) is 20.8. The van der Waals surface area contributed by atoms with Gasteiger partial charge in [-0.1, -0.05) is 23.7 Å². The first-order valence-corrected chi connectivity index (χ1v) is 11.8. The third kappa shape index (κ3) is 4.12. The van der Waals surface area contributed by atoms with Crippen LogP contribution < -0.4 is 24.7 Å². The van der Waals surface area contributed by atoms with Crippen molar-refractivity contribution < 1.29 is 18.9 Å². The SMILES string of the molecule is N#CC1=C(N)Oc2cc3c(cc2[C@@H]1c1cc(Br)c(OCc2ccc(Cl)cc2)c(Br)c1)OCO3. The van der Waals surface area contributed by atoms with Crippen LogP contribution in [0.3, 0.4) is 0 Å². The number of halogens is 3. The number of hydrogen-bond donors (Lipinski definition) is 1.